The first-order chi connectivity index (χ1) is 5.27. The van der Waals surface area contributed by atoms with E-state index in [0.717, 1.165) is 6.42 Å². The zero-order valence-corrected chi connectivity index (χ0v) is 6.57. The van der Waals surface area contributed by atoms with E-state index >= 15 is 0 Å². The van der Waals surface area contributed by atoms with Crippen LogP contribution in [0.3, 0.4) is 0 Å². The molecule has 0 bridgehead atoms. The molecular formula is C6H11N3O2. The minimum atomic E-state index is -0.139. The highest BCUT2D eigenvalue weighted by atomic mass is 16.5. The lowest BCUT2D eigenvalue weighted by Gasteiger charge is -2.05. The second kappa shape index (κ2) is 3.34. The predicted octanol–water partition coefficient (Wildman–Crippen LogP) is 0.749. The van der Waals surface area contributed by atoms with E-state index in [1.807, 2.05) is 6.92 Å². The molecular weight excluding hydrogens is 146 g/mol. The zero-order valence-electron chi connectivity index (χ0n) is 6.57. The van der Waals surface area contributed by atoms with Crippen LogP contribution in [0.5, 0.6) is 0 Å². The van der Waals surface area contributed by atoms with Gasteiger partial charge in [0.05, 0.1) is 0 Å². The number of ether oxygens (including phenoxy) is 1. The third kappa shape index (κ3) is 1.68. The Bertz CT molecular complexity index is 219. The molecule has 0 saturated heterocycles. The summed E-state index contributed by atoms with van der Waals surface area (Å²) in [7, 11) is 1.59. The molecule has 1 atom stereocenters. The molecule has 11 heavy (non-hydrogen) atoms. The number of nitrogen functional groups attached to an aromatic ring is 1. The van der Waals surface area contributed by atoms with Crippen LogP contribution in [0.25, 0.3) is 0 Å². The number of rotatable bonds is 3. The normalized spacial score (nSPS) is 13.3. The molecule has 62 valence electrons. The fraction of sp³-hybridized carbons (Fsp3) is 0.667. The van der Waals surface area contributed by atoms with Crippen molar-refractivity contribution in [3.05, 3.63) is 5.89 Å². The molecule has 0 amide bonds. The molecule has 1 aromatic rings. The SMILES string of the molecule is CC[C@H](OC)c1nc(N)no1. The van der Waals surface area contributed by atoms with E-state index in [-0.39, 0.29) is 12.1 Å². The number of nitrogens with zero attached hydrogens (tertiary/aromatic N) is 2. The Morgan fingerprint density at radius 3 is 2.82 bits per heavy atom. The van der Waals surface area contributed by atoms with Gasteiger partial charge in [-0.25, -0.2) is 0 Å². The topological polar surface area (TPSA) is 74.2 Å². The van der Waals surface area contributed by atoms with Crippen molar-refractivity contribution in [2.75, 3.05) is 12.8 Å². The standard InChI is InChI=1S/C6H11N3O2/c1-3-4(10-2)5-8-6(7)9-11-5/h4H,3H2,1-2H3,(H2,7,9)/t4-/m0/s1. The summed E-state index contributed by atoms with van der Waals surface area (Å²) in [6, 6.07) is 0. The van der Waals surface area contributed by atoms with Gasteiger partial charge in [0.1, 0.15) is 6.10 Å². The number of aromatic nitrogens is 2. The largest absolute Gasteiger partial charge is 0.372 e. The van der Waals surface area contributed by atoms with Crippen molar-refractivity contribution in [3.8, 4) is 0 Å². The Morgan fingerprint density at radius 2 is 2.45 bits per heavy atom. The maximum atomic E-state index is 5.25. The molecule has 0 fully saturated rings. The number of hydrogen-bond acceptors (Lipinski definition) is 5. The van der Waals surface area contributed by atoms with Crippen molar-refractivity contribution in [1.82, 2.24) is 10.1 Å². The average molecular weight is 157 g/mol. The summed E-state index contributed by atoms with van der Waals surface area (Å²) in [5.41, 5.74) is 5.25. The molecule has 5 nitrogen and oxygen atoms in total. The van der Waals surface area contributed by atoms with Gasteiger partial charge < -0.3 is 15.0 Å². The third-order valence-corrected chi connectivity index (χ3v) is 1.39. The van der Waals surface area contributed by atoms with Gasteiger partial charge in [0.15, 0.2) is 0 Å². The van der Waals surface area contributed by atoms with Crippen molar-refractivity contribution in [2.45, 2.75) is 19.4 Å². The fourth-order valence-corrected chi connectivity index (χ4v) is 0.820. The number of methoxy groups -OCH3 is 1. The minimum Gasteiger partial charge on any atom is -0.372 e. The summed E-state index contributed by atoms with van der Waals surface area (Å²) in [5.74, 6) is 0.586. The van der Waals surface area contributed by atoms with Crippen molar-refractivity contribution < 1.29 is 9.26 Å². The highest BCUT2D eigenvalue weighted by molar-refractivity contribution is 5.11. The Kier molecular flexibility index (Phi) is 2.43. The molecule has 0 aromatic carbocycles. The molecule has 0 aliphatic heterocycles. The first kappa shape index (κ1) is 8.00. The van der Waals surface area contributed by atoms with Crippen LogP contribution in [-0.4, -0.2) is 17.3 Å². The maximum absolute atomic E-state index is 5.25. The van der Waals surface area contributed by atoms with E-state index in [0.29, 0.717) is 5.89 Å². The van der Waals surface area contributed by atoms with Gasteiger partial charge in [0.25, 0.3) is 11.8 Å². The van der Waals surface area contributed by atoms with Crippen molar-refractivity contribution in [1.29, 1.82) is 0 Å². The summed E-state index contributed by atoms with van der Waals surface area (Å²) in [6.07, 6.45) is 0.651. The number of hydrogen-bond donors (Lipinski definition) is 1. The van der Waals surface area contributed by atoms with E-state index < -0.39 is 0 Å². The van der Waals surface area contributed by atoms with Gasteiger partial charge in [-0.05, 0) is 11.6 Å². The number of anilines is 1. The molecule has 0 saturated carbocycles. The molecule has 5 heteroatoms. The minimum absolute atomic E-state index is 0.139. The van der Waals surface area contributed by atoms with E-state index in [1.165, 1.54) is 0 Å². The maximum Gasteiger partial charge on any atom is 0.260 e. The van der Waals surface area contributed by atoms with E-state index in [1.54, 1.807) is 7.11 Å². The Hall–Kier alpha value is -1.10. The molecule has 2 N–H and O–H groups in total. The van der Waals surface area contributed by atoms with Crippen LogP contribution in [0.2, 0.25) is 0 Å². The van der Waals surface area contributed by atoms with Crippen LogP contribution < -0.4 is 5.73 Å². The summed E-state index contributed by atoms with van der Waals surface area (Å²) in [6.45, 7) is 1.97. The third-order valence-electron chi connectivity index (χ3n) is 1.39. The first-order valence-corrected chi connectivity index (χ1v) is 3.39. The van der Waals surface area contributed by atoms with Crippen LogP contribution in [0.15, 0.2) is 4.52 Å². The van der Waals surface area contributed by atoms with Crippen LogP contribution in [0, 0.1) is 0 Å². The average Bonchev–Trinajstić information content (AvgIpc) is 2.39. The van der Waals surface area contributed by atoms with Crippen molar-refractivity contribution >= 4 is 5.95 Å². The zero-order chi connectivity index (χ0) is 8.27. The number of nitrogens with two attached hydrogens (primary N) is 1. The van der Waals surface area contributed by atoms with Gasteiger partial charge in [-0.3, -0.25) is 0 Å². The van der Waals surface area contributed by atoms with Crippen LogP contribution in [-0.2, 0) is 4.74 Å². The van der Waals surface area contributed by atoms with Gasteiger partial charge in [-0.1, -0.05) is 6.92 Å². The predicted molar refractivity (Wildman–Crippen MR) is 38.8 cm³/mol. The Labute approximate surface area is 64.5 Å². The van der Waals surface area contributed by atoms with Crippen LogP contribution in [0.4, 0.5) is 5.95 Å². The summed E-state index contributed by atoms with van der Waals surface area (Å²) in [5, 5.41) is 3.45. The molecule has 1 rings (SSSR count). The molecule has 0 aliphatic rings. The quantitative estimate of drug-likeness (QED) is 0.700. The second-order valence-corrected chi connectivity index (χ2v) is 2.12. The Morgan fingerprint density at radius 1 is 1.73 bits per heavy atom. The molecule has 1 aromatic heterocycles. The monoisotopic (exact) mass is 157 g/mol. The van der Waals surface area contributed by atoms with E-state index in [2.05, 4.69) is 10.1 Å². The van der Waals surface area contributed by atoms with Gasteiger partial charge in [-0.15, -0.1) is 0 Å². The highest BCUT2D eigenvalue weighted by Gasteiger charge is 2.14. The molecule has 0 aliphatic carbocycles. The van der Waals surface area contributed by atoms with Crippen LogP contribution >= 0.6 is 0 Å². The lowest BCUT2D eigenvalue weighted by atomic mass is 10.3. The van der Waals surface area contributed by atoms with Crippen LogP contribution in [0.1, 0.15) is 25.3 Å². The second-order valence-electron chi connectivity index (χ2n) is 2.12. The smallest absolute Gasteiger partial charge is 0.260 e. The van der Waals surface area contributed by atoms with E-state index in [9.17, 15) is 0 Å². The molecule has 0 spiro atoms. The molecule has 0 radical (unpaired) electrons. The summed E-state index contributed by atoms with van der Waals surface area (Å²) < 4.78 is 9.84. The van der Waals surface area contributed by atoms with Gasteiger partial charge in [-0.2, -0.15) is 4.98 Å². The van der Waals surface area contributed by atoms with Crippen molar-refractivity contribution in [3.63, 3.8) is 0 Å². The van der Waals surface area contributed by atoms with Gasteiger partial charge >= 0.3 is 0 Å². The lowest BCUT2D eigenvalue weighted by Crippen LogP contribution is -2.00. The Balaban J connectivity index is 2.73. The van der Waals surface area contributed by atoms with Gasteiger partial charge in [0.2, 0.25) is 0 Å². The fourth-order valence-electron chi connectivity index (χ4n) is 0.820. The molecule has 1 heterocycles. The summed E-state index contributed by atoms with van der Waals surface area (Å²) in [4.78, 5) is 3.83. The summed E-state index contributed by atoms with van der Waals surface area (Å²) >= 11 is 0. The lowest BCUT2D eigenvalue weighted by molar-refractivity contribution is 0.0706. The molecule has 0 unspecified atom stereocenters. The first-order valence-electron chi connectivity index (χ1n) is 3.39. The van der Waals surface area contributed by atoms with Gasteiger partial charge in [0, 0.05) is 7.11 Å². The van der Waals surface area contributed by atoms with Crippen molar-refractivity contribution in [2.24, 2.45) is 0 Å². The highest BCUT2D eigenvalue weighted by Crippen LogP contribution is 2.17. The van der Waals surface area contributed by atoms with E-state index in [4.69, 9.17) is 15.0 Å².